The standard InChI is InChI=1S/C29H36F3NO2/c1-4-5-21-7-9-23(10-8-21)26(15-6-20(2)3)33-17-16-22(19-28(34)35)18-27(33)24-11-13-25(14-12-24)29(30,31)32/h4,7-14,20,22,26-27H,1,5-6,15-19H2,2-3H3,(H,34,35)/t22-,26-,27+/m1/s1. The number of aliphatic carboxylic acids is 1. The Morgan fingerprint density at radius 3 is 2.31 bits per heavy atom. The number of hydrogen-bond acceptors (Lipinski definition) is 2. The van der Waals surface area contributed by atoms with E-state index in [1.165, 1.54) is 11.1 Å². The highest BCUT2D eigenvalue weighted by molar-refractivity contribution is 5.67. The Hall–Kier alpha value is -2.60. The van der Waals surface area contributed by atoms with Gasteiger partial charge in [-0.3, -0.25) is 9.69 Å². The Morgan fingerprint density at radius 1 is 1.11 bits per heavy atom. The van der Waals surface area contributed by atoms with Gasteiger partial charge in [0.25, 0.3) is 0 Å². The number of carbonyl (C=O) groups is 1. The number of carboxylic acids is 1. The van der Waals surface area contributed by atoms with E-state index in [1.54, 1.807) is 12.1 Å². The molecule has 1 saturated heterocycles. The van der Waals surface area contributed by atoms with Gasteiger partial charge in [0.2, 0.25) is 0 Å². The maximum Gasteiger partial charge on any atom is 0.416 e. The molecule has 0 radical (unpaired) electrons. The van der Waals surface area contributed by atoms with Gasteiger partial charge in [-0.15, -0.1) is 6.58 Å². The van der Waals surface area contributed by atoms with Crippen LogP contribution in [0.3, 0.4) is 0 Å². The Balaban J connectivity index is 1.97. The van der Waals surface area contributed by atoms with Crippen molar-refractivity contribution in [2.45, 2.75) is 70.6 Å². The van der Waals surface area contributed by atoms with Crippen LogP contribution in [-0.2, 0) is 17.4 Å². The van der Waals surface area contributed by atoms with Crippen molar-refractivity contribution in [3.63, 3.8) is 0 Å². The van der Waals surface area contributed by atoms with E-state index in [-0.39, 0.29) is 24.4 Å². The van der Waals surface area contributed by atoms with E-state index in [1.807, 2.05) is 6.08 Å². The molecule has 2 aromatic carbocycles. The maximum absolute atomic E-state index is 13.2. The smallest absolute Gasteiger partial charge is 0.416 e. The fraction of sp³-hybridized carbons (Fsp3) is 0.483. The average Bonchev–Trinajstić information content (AvgIpc) is 2.80. The largest absolute Gasteiger partial charge is 0.481 e. The molecule has 1 aliphatic rings. The summed E-state index contributed by atoms with van der Waals surface area (Å²) in [6.07, 6.45) is 1.69. The molecule has 3 atom stereocenters. The van der Waals surface area contributed by atoms with Gasteiger partial charge >= 0.3 is 12.1 Å². The van der Waals surface area contributed by atoms with Crippen LogP contribution in [0.2, 0.25) is 0 Å². The molecule has 190 valence electrons. The minimum Gasteiger partial charge on any atom is -0.481 e. The van der Waals surface area contributed by atoms with Crippen LogP contribution in [-0.4, -0.2) is 22.5 Å². The van der Waals surface area contributed by atoms with Crippen molar-refractivity contribution in [3.05, 3.63) is 83.4 Å². The van der Waals surface area contributed by atoms with Gasteiger partial charge < -0.3 is 5.11 Å². The number of carboxylic acid groups (broad SMARTS) is 1. The summed E-state index contributed by atoms with van der Waals surface area (Å²) >= 11 is 0. The molecule has 0 saturated carbocycles. The molecular weight excluding hydrogens is 451 g/mol. The third kappa shape index (κ3) is 7.44. The fourth-order valence-corrected chi connectivity index (χ4v) is 5.14. The van der Waals surface area contributed by atoms with Crippen molar-refractivity contribution in [1.82, 2.24) is 4.90 Å². The van der Waals surface area contributed by atoms with Crippen LogP contribution in [0.5, 0.6) is 0 Å². The van der Waals surface area contributed by atoms with Crippen LogP contribution < -0.4 is 0 Å². The van der Waals surface area contributed by atoms with Crippen molar-refractivity contribution in [2.75, 3.05) is 6.54 Å². The topological polar surface area (TPSA) is 40.5 Å². The number of halogens is 3. The lowest BCUT2D eigenvalue weighted by Gasteiger charge is -2.44. The van der Waals surface area contributed by atoms with Gasteiger partial charge in [0.1, 0.15) is 0 Å². The van der Waals surface area contributed by atoms with Crippen LogP contribution >= 0.6 is 0 Å². The Labute approximate surface area is 206 Å². The second-order valence-electron chi connectivity index (χ2n) is 10.1. The minimum absolute atomic E-state index is 0.00300. The summed E-state index contributed by atoms with van der Waals surface area (Å²) in [5, 5.41) is 9.37. The molecule has 0 aliphatic carbocycles. The van der Waals surface area contributed by atoms with E-state index in [4.69, 9.17) is 0 Å². The third-order valence-corrected chi connectivity index (χ3v) is 7.00. The number of allylic oxidation sites excluding steroid dienone is 1. The number of benzene rings is 2. The predicted octanol–water partition coefficient (Wildman–Crippen LogP) is 7.84. The zero-order valence-electron chi connectivity index (χ0n) is 20.6. The van der Waals surface area contributed by atoms with E-state index in [0.717, 1.165) is 43.4 Å². The van der Waals surface area contributed by atoms with Crippen LogP contribution in [0.1, 0.15) is 80.3 Å². The minimum atomic E-state index is -4.39. The van der Waals surface area contributed by atoms with Crippen molar-refractivity contribution in [2.24, 2.45) is 11.8 Å². The highest BCUT2D eigenvalue weighted by Gasteiger charge is 2.36. The summed E-state index contributed by atoms with van der Waals surface area (Å²) in [5.74, 6) is -0.313. The molecule has 0 bridgehead atoms. The SMILES string of the molecule is C=CCc1ccc([C@@H](CCC(C)C)N2CC[C@@H](CC(=O)O)C[C@H]2c2ccc(C(F)(F)F)cc2)cc1. The first-order valence-corrected chi connectivity index (χ1v) is 12.4. The molecule has 3 nitrogen and oxygen atoms in total. The summed E-state index contributed by atoms with van der Waals surface area (Å²) < 4.78 is 39.5. The Kier molecular flexibility index (Phi) is 9.17. The molecule has 2 aromatic rings. The van der Waals surface area contributed by atoms with Crippen LogP contribution in [0.25, 0.3) is 0 Å². The first-order valence-electron chi connectivity index (χ1n) is 12.4. The fourth-order valence-electron chi connectivity index (χ4n) is 5.14. The van der Waals surface area contributed by atoms with E-state index in [9.17, 15) is 23.1 Å². The van der Waals surface area contributed by atoms with E-state index in [0.29, 0.717) is 18.9 Å². The van der Waals surface area contributed by atoms with Gasteiger partial charge in [0, 0.05) is 18.5 Å². The van der Waals surface area contributed by atoms with E-state index >= 15 is 0 Å². The summed E-state index contributed by atoms with van der Waals surface area (Å²) in [6, 6.07) is 13.9. The van der Waals surface area contributed by atoms with Crippen LogP contribution in [0.4, 0.5) is 13.2 Å². The zero-order valence-corrected chi connectivity index (χ0v) is 20.6. The summed E-state index contributed by atoms with van der Waals surface area (Å²) in [7, 11) is 0. The Morgan fingerprint density at radius 2 is 1.77 bits per heavy atom. The van der Waals surface area contributed by atoms with Crippen molar-refractivity contribution in [3.8, 4) is 0 Å². The second-order valence-corrected chi connectivity index (χ2v) is 10.1. The molecule has 1 heterocycles. The van der Waals surface area contributed by atoms with Crippen LogP contribution in [0.15, 0.2) is 61.2 Å². The molecule has 1 fully saturated rings. The van der Waals surface area contributed by atoms with Gasteiger partial charge in [-0.1, -0.05) is 56.3 Å². The lowest BCUT2D eigenvalue weighted by atomic mass is 9.82. The molecule has 35 heavy (non-hydrogen) atoms. The number of rotatable bonds is 10. The molecule has 1 N–H and O–H groups in total. The van der Waals surface area contributed by atoms with Gasteiger partial charge in [-0.2, -0.15) is 13.2 Å². The average molecular weight is 488 g/mol. The van der Waals surface area contributed by atoms with E-state index < -0.39 is 17.7 Å². The highest BCUT2D eigenvalue weighted by atomic mass is 19.4. The molecule has 1 aliphatic heterocycles. The number of nitrogens with zero attached hydrogens (tertiary/aromatic N) is 1. The number of hydrogen-bond donors (Lipinski definition) is 1. The van der Waals surface area contributed by atoms with Gasteiger partial charge in [0.15, 0.2) is 0 Å². The highest BCUT2D eigenvalue weighted by Crippen LogP contribution is 2.43. The quantitative estimate of drug-likeness (QED) is 0.347. The normalized spacial score (nSPS) is 20.1. The van der Waals surface area contributed by atoms with Gasteiger partial charge in [0.05, 0.1) is 5.56 Å². The zero-order chi connectivity index (χ0) is 25.6. The van der Waals surface area contributed by atoms with Crippen LogP contribution in [0, 0.1) is 11.8 Å². The third-order valence-electron chi connectivity index (χ3n) is 7.00. The monoisotopic (exact) mass is 487 g/mol. The molecule has 6 heteroatoms. The van der Waals surface area contributed by atoms with Crippen molar-refractivity contribution < 1.29 is 23.1 Å². The van der Waals surface area contributed by atoms with Gasteiger partial charge in [-0.25, -0.2) is 0 Å². The summed E-state index contributed by atoms with van der Waals surface area (Å²) in [4.78, 5) is 13.8. The first-order chi connectivity index (χ1) is 16.6. The first kappa shape index (κ1) is 27.0. The predicted molar refractivity (Wildman–Crippen MR) is 133 cm³/mol. The molecule has 0 amide bonds. The number of likely N-dealkylation sites (tertiary alicyclic amines) is 1. The molecule has 0 unspecified atom stereocenters. The number of alkyl halides is 3. The summed E-state index contributed by atoms with van der Waals surface area (Å²) in [6.45, 7) is 8.90. The molecule has 3 rings (SSSR count). The molecule has 0 aromatic heterocycles. The second kappa shape index (κ2) is 11.9. The maximum atomic E-state index is 13.2. The number of piperidine rings is 1. The molecular formula is C29H36F3NO2. The Bertz CT molecular complexity index is 967. The van der Waals surface area contributed by atoms with Crippen molar-refractivity contribution in [1.29, 1.82) is 0 Å². The van der Waals surface area contributed by atoms with Crippen molar-refractivity contribution >= 4 is 5.97 Å². The summed E-state index contributed by atoms with van der Waals surface area (Å²) in [5.41, 5.74) is 2.52. The van der Waals surface area contributed by atoms with E-state index in [2.05, 4.69) is 49.6 Å². The lowest BCUT2D eigenvalue weighted by molar-refractivity contribution is -0.139. The lowest BCUT2D eigenvalue weighted by Crippen LogP contribution is -2.40. The molecule has 0 spiro atoms. The van der Waals surface area contributed by atoms with Gasteiger partial charge in [-0.05, 0) is 79.3 Å².